The van der Waals surface area contributed by atoms with Crippen LogP contribution in [0.2, 0.25) is 0 Å². The molecule has 0 aliphatic rings. The SMILES string of the molecule is NC(=O)CC(NC(=O)C(CO)NC(=O)C(CC(N)=O)NC(=O)C(N)Cc1ccccc1)C(=O)O. The second-order valence-corrected chi connectivity index (χ2v) is 7.34. The fraction of sp³-hybridized carbons (Fsp3) is 0.400. The highest BCUT2D eigenvalue weighted by molar-refractivity contribution is 5.96. The first kappa shape index (κ1) is 28.0. The van der Waals surface area contributed by atoms with E-state index < -0.39 is 79.1 Å². The van der Waals surface area contributed by atoms with Crippen molar-refractivity contribution in [3.8, 4) is 0 Å². The van der Waals surface area contributed by atoms with E-state index >= 15 is 0 Å². The zero-order valence-electron chi connectivity index (χ0n) is 18.1. The number of primary amides is 2. The van der Waals surface area contributed by atoms with Crippen LogP contribution in [0.15, 0.2) is 30.3 Å². The summed E-state index contributed by atoms with van der Waals surface area (Å²) in [5.74, 6) is -6.50. The molecule has 0 saturated carbocycles. The van der Waals surface area contributed by atoms with Crippen molar-refractivity contribution >= 4 is 35.5 Å². The van der Waals surface area contributed by atoms with E-state index in [2.05, 4.69) is 10.6 Å². The Morgan fingerprint density at radius 2 is 1.24 bits per heavy atom. The molecular formula is C20H28N6O8. The Labute approximate surface area is 194 Å². The summed E-state index contributed by atoms with van der Waals surface area (Å²) in [4.78, 5) is 70.9. The number of aliphatic carboxylic acids is 1. The van der Waals surface area contributed by atoms with Gasteiger partial charge in [-0.1, -0.05) is 30.3 Å². The monoisotopic (exact) mass is 480 g/mol. The minimum absolute atomic E-state index is 0.135. The summed E-state index contributed by atoms with van der Waals surface area (Å²) < 4.78 is 0. The second kappa shape index (κ2) is 13.5. The van der Waals surface area contributed by atoms with Crippen LogP contribution in [0.5, 0.6) is 0 Å². The minimum Gasteiger partial charge on any atom is -0.480 e. The molecule has 0 aliphatic heterocycles. The first-order valence-corrected chi connectivity index (χ1v) is 10.1. The number of hydrogen-bond donors (Lipinski definition) is 8. The summed E-state index contributed by atoms with van der Waals surface area (Å²) in [5, 5.41) is 24.9. The molecule has 0 aromatic heterocycles. The largest absolute Gasteiger partial charge is 0.480 e. The van der Waals surface area contributed by atoms with Gasteiger partial charge in [0.2, 0.25) is 29.5 Å². The maximum Gasteiger partial charge on any atom is 0.326 e. The van der Waals surface area contributed by atoms with E-state index in [4.69, 9.17) is 22.3 Å². The van der Waals surface area contributed by atoms with Gasteiger partial charge in [-0.05, 0) is 12.0 Å². The quantitative estimate of drug-likeness (QED) is 0.128. The van der Waals surface area contributed by atoms with Crippen molar-refractivity contribution in [1.29, 1.82) is 0 Å². The first-order valence-electron chi connectivity index (χ1n) is 10.1. The summed E-state index contributed by atoms with van der Waals surface area (Å²) in [7, 11) is 0. The summed E-state index contributed by atoms with van der Waals surface area (Å²) in [6.45, 7) is -0.967. The van der Waals surface area contributed by atoms with Crippen LogP contribution in [0.25, 0.3) is 0 Å². The molecule has 1 aromatic carbocycles. The smallest absolute Gasteiger partial charge is 0.326 e. The number of aliphatic hydroxyl groups excluding tert-OH is 1. The maximum atomic E-state index is 12.6. The third-order valence-corrected chi connectivity index (χ3v) is 4.51. The predicted molar refractivity (Wildman–Crippen MR) is 116 cm³/mol. The Bertz CT molecular complexity index is 910. The third-order valence-electron chi connectivity index (χ3n) is 4.51. The van der Waals surface area contributed by atoms with Crippen LogP contribution in [-0.2, 0) is 35.2 Å². The first-order chi connectivity index (χ1) is 15.9. The van der Waals surface area contributed by atoms with Gasteiger partial charge in [0, 0.05) is 0 Å². The third kappa shape index (κ3) is 9.62. The molecule has 0 heterocycles. The number of nitrogens with one attached hydrogen (secondary N) is 3. The lowest BCUT2D eigenvalue weighted by Gasteiger charge is -2.23. The molecule has 0 fully saturated rings. The number of amides is 5. The molecule has 34 heavy (non-hydrogen) atoms. The zero-order chi connectivity index (χ0) is 25.8. The fourth-order valence-corrected chi connectivity index (χ4v) is 2.79. The summed E-state index contributed by atoms with van der Waals surface area (Å²) in [5.41, 5.74) is 16.7. The van der Waals surface area contributed by atoms with Crippen LogP contribution in [0.1, 0.15) is 18.4 Å². The Balaban J connectivity index is 2.86. The van der Waals surface area contributed by atoms with Crippen molar-refractivity contribution in [2.45, 2.75) is 43.4 Å². The van der Waals surface area contributed by atoms with Crippen molar-refractivity contribution in [1.82, 2.24) is 16.0 Å². The van der Waals surface area contributed by atoms with Gasteiger partial charge in [0.1, 0.15) is 18.1 Å². The van der Waals surface area contributed by atoms with Crippen LogP contribution in [0.3, 0.4) is 0 Å². The highest BCUT2D eigenvalue weighted by Gasteiger charge is 2.31. The van der Waals surface area contributed by atoms with Gasteiger partial charge in [-0.25, -0.2) is 4.79 Å². The van der Waals surface area contributed by atoms with E-state index in [1.165, 1.54) is 0 Å². The van der Waals surface area contributed by atoms with E-state index in [9.17, 15) is 33.9 Å². The number of benzene rings is 1. The summed E-state index contributed by atoms with van der Waals surface area (Å²) >= 11 is 0. The number of carboxylic acid groups (broad SMARTS) is 1. The Kier molecular flexibility index (Phi) is 11.1. The van der Waals surface area contributed by atoms with Crippen LogP contribution in [0, 0.1) is 0 Å². The Morgan fingerprint density at radius 1 is 0.765 bits per heavy atom. The molecule has 0 aliphatic carbocycles. The van der Waals surface area contributed by atoms with E-state index in [1.54, 1.807) is 30.3 Å². The highest BCUT2D eigenvalue weighted by atomic mass is 16.4. The molecule has 14 heteroatoms. The molecule has 1 rings (SSSR count). The summed E-state index contributed by atoms with van der Waals surface area (Å²) in [6, 6.07) is 2.79. The Morgan fingerprint density at radius 3 is 1.74 bits per heavy atom. The number of aliphatic hydroxyl groups is 1. The van der Waals surface area contributed by atoms with Gasteiger partial charge in [0.15, 0.2) is 0 Å². The van der Waals surface area contributed by atoms with E-state index in [0.29, 0.717) is 0 Å². The van der Waals surface area contributed by atoms with Crippen LogP contribution >= 0.6 is 0 Å². The topological polar surface area (TPSA) is 257 Å². The average molecular weight is 480 g/mol. The molecule has 11 N–H and O–H groups in total. The number of nitrogens with two attached hydrogens (primary N) is 3. The molecule has 186 valence electrons. The molecule has 1 aromatic rings. The molecule has 0 saturated heterocycles. The van der Waals surface area contributed by atoms with Crippen LogP contribution in [0.4, 0.5) is 0 Å². The maximum absolute atomic E-state index is 12.6. The van der Waals surface area contributed by atoms with Crippen molar-refractivity contribution in [2.75, 3.05) is 6.61 Å². The number of hydrogen-bond acceptors (Lipinski definition) is 8. The van der Waals surface area contributed by atoms with Gasteiger partial charge in [0.25, 0.3) is 0 Å². The van der Waals surface area contributed by atoms with E-state index in [-0.39, 0.29) is 6.42 Å². The lowest BCUT2D eigenvalue weighted by molar-refractivity contribution is -0.144. The van der Waals surface area contributed by atoms with Crippen LogP contribution in [-0.4, -0.2) is 76.5 Å². The van der Waals surface area contributed by atoms with Gasteiger partial charge in [-0.2, -0.15) is 0 Å². The molecule has 4 atom stereocenters. The molecular weight excluding hydrogens is 452 g/mol. The van der Waals surface area contributed by atoms with Gasteiger partial charge in [-0.15, -0.1) is 0 Å². The molecule has 0 bridgehead atoms. The van der Waals surface area contributed by atoms with Gasteiger partial charge in [-0.3, -0.25) is 24.0 Å². The molecule has 14 nitrogen and oxygen atoms in total. The van der Waals surface area contributed by atoms with Crippen molar-refractivity contribution < 1.29 is 39.0 Å². The van der Waals surface area contributed by atoms with Gasteiger partial charge in [0.05, 0.1) is 25.5 Å². The zero-order valence-corrected chi connectivity index (χ0v) is 18.1. The van der Waals surface area contributed by atoms with Gasteiger partial charge < -0.3 is 43.4 Å². The molecule has 0 spiro atoms. The van der Waals surface area contributed by atoms with Gasteiger partial charge >= 0.3 is 5.97 Å². The number of carboxylic acids is 1. The fourth-order valence-electron chi connectivity index (χ4n) is 2.79. The predicted octanol–water partition coefficient (Wildman–Crippen LogP) is -4.16. The number of rotatable bonds is 14. The molecule has 5 amide bonds. The highest BCUT2D eigenvalue weighted by Crippen LogP contribution is 2.03. The molecule has 4 unspecified atom stereocenters. The molecule has 0 radical (unpaired) electrons. The van der Waals surface area contributed by atoms with Crippen LogP contribution < -0.4 is 33.2 Å². The average Bonchev–Trinajstić information content (AvgIpc) is 2.76. The van der Waals surface area contributed by atoms with E-state index in [0.717, 1.165) is 5.56 Å². The number of carbonyl (C=O) groups excluding carboxylic acids is 5. The van der Waals surface area contributed by atoms with Crippen molar-refractivity contribution in [3.05, 3.63) is 35.9 Å². The normalized spacial score (nSPS) is 14.1. The minimum atomic E-state index is -1.70. The number of carbonyl (C=O) groups is 6. The van der Waals surface area contributed by atoms with Crippen molar-refractivity contribution in [2.24, 2.45) is 17.2 Å². The standard InChI is InChI=1S/C20H28N6O8/c21-11(6-10-4-2-1-3-5-10)17(30)24-12(7-15(22)28)18(31)26-14(9-27)19(32)25-13(20(33)34)8-16(23)29/h1-5,11-14,27H,6-9,21H2,(H2,22,28)(H2,23,29)(H,24,30)(H,25,32)(H,26,31)(H,33,34). The lowest BCUT2D eigenvalue weighted by Crippen LogP contribution is -2.59. The lowest BCUT2D eigenvalue weighted by atomic mass is 10.0. The summed E-state index contributed by atoms with van der Waals surface area (Å²) in [6.07, 6.45) is -1.24. The second-order valence-electron chi connectivity index (χ2n) is 7.34. The van der Waals surface area contributed by atoms with E-state index in [1.807, 2.05) is 5.32 Å². The Hall–Kier alpha value is -4.04. The van der Waals surface area contributed by atoms with Crippen molar-refractivity contribution in [3.63, 3.8) is 0 Å².